The predicted molar refractivity (Wildman–Crippen MR) is 85.7 cm³/mol. The molecule has 0 atom stereocenters. The fourth-order valence-corrected chi connectivity index (χ4v) is 1.74. The van der Waals surface area contributed by atoms with Crippen LogP contribution in [0.5, 0.6) is 5.75 Å². The minimum absolute atomic E-state index is 0.0976. The summed E-state index contributed by atoms with van der Waals surface area (Å²) in [7, 11) is 0. The van der Waals surface area contributed by atoms with Crippen molar-refractivity contribution in [3.8, 4) is 5.75 Å². The van der Waals surface area contributed by atoms with E-state index in [1.54, 1.807) is 42.5 Å². The summed E-state index contributed by atoms with van der Waals surface area (Å²) in [5.74, 6) is 0.209. The van der Waals surface area contributed by atoms with E-state index in [4.69, 9.17) is 4.74 Å². The first-order valence-corrected chi connectivity index (χ1v) is 6.80. The molecule has 0 aliphatic heterocycles. The highest BCUT2D eigenvalue weighted by atomic mass is 19.1. The van der Waals surface area contributed by atoms with Crippen molar-refractivity contribution in [2.24, 2.45) is 0 Å². The number of amides is 1. The lowest BCUT2D eigenvalue weighted by atomic mass is 10.3. The van der Waals surface area contributed by atoms with Crippen LogP contribution in [0.15, 0.2) is 61.2 Å². The van der Waals surface area contributed by atoms with Crippen LogP contribution >= 0.6 is 0 Å². The van der Waals surface area contributed by atoms with Gasteiger partial charge in [0.15, 0.2) is 0 Å². The molecular weight excluding hydrogens is 283 g/mol. The van der Waals surface area contributed by atoms with Crippen LogP contribution in [0.1, 0.15) is 0 Å². The number of hydrogen-bond donors (Lipinski definition) is 2. The summed E-state index contributed by atoms with van der Waals surface area (Å²) in [6.07, 6.45) is 1.66. The van der Waals surface area contributed by atoms with E-state index in [-0.39, 0.29) is 18.3 Å². The fraction of sp³-hybridized carbons (Fsp3) is 0.118. The fourth-order valence-electron chi connectivity index (χ4n) is 1.74. The van der Waals surface area contributed by atoms with Crippen LogP contribution in [0.2, 0.25) is 0 Å². The maximum Gasteiger partial charge on any atom is 0.243 e. The zero-order valence-corrected chi connectivity index (χ0v) is 12.0. The molecule has 0 radical (unpaired) electrons. The van der Waals surface area contributed by atoms with Gasteiger partial charge in [-0.15, -0.1) is 0 Å². The van der Waals surface area contributed by atoms with Gasteiger partial charge in [-0.2, -0.15) is 0 Å². The highest BCUT2D eigenvalue weighted by molar-refractivity contribution is 5.93. The van der Waals surface area contributed by atoms with E-state index in [0.717, 1.165) is 0 Å². The van der Waals surface area contributed by atoms with Crippen molar-refractivity contribution in [2.45, 2.75) is 0 Å². The molecule has 0 fully saturated rings. The third-order valence-electron chi connectivity index (χ3n) is 2.80. The van der Waals surface area contributed by atoms with Crippen LogP contribution in [-0.2, 0) is 4.79 Å². The molecule has 2 aromatic rings. The highest BCUT2D eigenvalue weighted by Gasteiger charge is 2.03. The van der Waals surface area contributed by atoms with Gasteiger partial charge < -0.3 is 15.4 Å². The number of halogens is 1. The molecule has 0 bridgehead atoms. The lowest BCUT2D eigenvalue weighted by Gasteiger charge is -2.09. The summed E-state index contributed by atoms with van der Waals surface area (Å²) in [4.78, 5) is 11.8. The Hall–Kier alpha value is -2.82. The number of rotatable bonds is 7. The smallest absolute Gasteiger partial charge is 0.243 e. The molecule has 0 aliphatic rings. The van der Waals surface area contributed by atoms with Crippen molar-refractivity contribution in [1.29, 1.82) is 0 Å². The predicted octanol–water partition coefficient (Wildman–Crippen LogP) is 3.44. The monoisotopic (exact) mass is 300 g/mol. The number of nitrogens with one attached hydrogen (secondary N) is 2. The van der Waals surface area contributed by atoms with Crippen LogP contribution in [-0.4, -0.2) is 19.1 Å². The van der Waals surface area contributed by atoms with Crippen molar-refractivity contribution in [3.05, 3.63) is 67.0 Å². The van der Waals surface area contributed by atoms with E-state index in [9.17, 15) is 9.18 Å². The van der Waals surface area contributed by atoms with E-state index >= 15 is 0 Å². The molecule has 5 heteroatoms. The van der Waals surface area contributed by atoms with Crippen molar-refractivity contribution >= 4 is 17.3 Å². The van der Waals surface area contributed by atoms with Gasteiger partial charge in [0.1, 0.15) is 18.2 Å². The standard InChI is InChI=1S/C17H17FN2O2/c1-2-11-22-16-9-7-15(8-10-16)20-17(21)12-19-14-5-3-13(18)4-6-14/h2-10,19H,1,11-12H2,(H,20,21). The minimum atomic E-state index is -0.311. The topological polar surface area (TPSA) is 50.4 Å². The van der Waals surface area contributed by atoms with Gasteiger partial charge in [0, 0.05) is 11.4 Å². The van der Waals surface area contributed by atoms with E-state index in [1.807, 2.05) is 0 Å². The summed E-state index contributed by atoms with van der Waals surface area (Å²) in [5, 5.41) is 5.67. The normalized spacial score (nSPS) is 9.86. The van der Waals surface area contributed by atoms with Crippen LogP contribution in [0, 0.1) is 5.82 Å². The van der Waals surface area contributed by atoms with Gasteiger partial charge in [-0.25, -0.2) is 4.39 Å². The average molecular weight is 300 g/mol. The molecule has 1 amide bonds. The second-order valence-electron chi connectivity index (χ2n) is 4.53. The second-order valence-corrected chi connectivity index (χ2v) is 4.53. The summed E-state index contributed by atoms with van der Waals surface area (Å²) in [5.41, 5.74) is 1.36. The number of carbonyl (C=O) groups excluding carboxylic acids is 1. The molecule has 0 saturated carbocycles. The Morgan fingerprint density at radius 3 is 2.36 bits per heavy atom. The zero-order valence-electron chi connectivity index (χ0n) is 12.0. The SMILES string of the molecule is C=CCOc1ccc(NC(=O)CNc2ccc(F)cc2)cc1. The molecule has 2 rings (SSSR count). The summed E-state index contributed by atoms with van der Waals surface area (Å²) >= 11 is 0. The van der Waals surface area contributed by atoms with Crippen molar-refractivity contribution in [1.82, 2.24) is 0 Å². The largest absolute Gasteiger partial charge is 0.490 e. The molecule has 0 aliphatic carbocycles. The molecule has 2 N–H and O–H groups in total. The minimum Gasteiger partial charge on any atom is -0.490 e. The van der Waals surface area contributed by atoms with E-state index in [2.05, 4.69) is 17.2 Å². The molecule has 0 unspecified atom stereocenters. The van der Waals surface area contributed by atoms with Gasteiger partial charge in [0.2, 0.25) is 5.91 Å². The number of hydrogen-bond acceptors (Lipinski definition) is 3. The molecule has 22 heavy (non-hydrogen) atoms. The Bertz CT molecular complexity index is 624. The first kappa shape index (κ1) is 15.6. The first-order valence-electron chi connectivity index (χ1n) is 6.80. The Morgan fingerprint density at radius 1 is 1.09 bits per heavy atom. The lowest BCUT2D eigenvalue weighted by Crippen LogP contribution is -2.21. The second kappa shape index (κ2) is 7.83. The zero-order chi connectivity index (χ0) is 15.8. The van der Waals surface area contributed by atoms with Gasteiger partial charge in [-0.1, -0.05) is 12.7 Å². The van der Waals surface area contributed by atoms with E-state index < -0.39 is 0 Å². The van der Waals surface area contributed by atoms with Gasteiger partial charge in [0.25, 0.3) is 0 Å². The van der Waals surface area contributed by atoms with Crippen molar-refractivity contribution in [3.63, 3.8) is 0 Å². The molecule has 4 nitrogen and oxygen atoms in total. The Balaban J connectivity index is 1.81. The first-order chi connectivity index (χ1) is 10.7. The molecule has 0 saturated heterocycles. The van der Waals surface area contributed by atoms with E-state index in [0.29, 0.717) is 23.7 Å². The molecule has 0 spiro atoms. The molecule has 0 aromatic heterocycles. The highest BCUT2D eigenvalue weighted by Crippen LogP contribution is 2.15. The van der Waals surface area contributed by atoms with E-state index in [1.165, 1.54) is 12.1 Å². The maximum absolute atomic E-state index is 12.8. The van der Waals surface area contributed by atoms with Crippen LogP contribution < -0.4 is 15.4 Å². The molecule has 114 valence electrons. The van der Waals surface area contributed by atoms with Crippen LogP contribution in [0.3, 0.4) is 0 Å². The Labute approximate surface area is 128 Å². The van der Waals surface area contributed by atoms with Crippen molar-refractivity contribution < 1.29 is 13.9 Å². The summed E-state index contributed by atoms with van der Waals surface area (Å²) < 4.78 is 18.1. The maximum atomic E-state index is 12.8. The summed E-state index contributed by atoms with van der Waals surface area (Å²) in [6, 6.07) is 12.9. The summed E-state index contributed by atoms with van der Waals surface area (Å²) in [6.45, 7) is 4.11. The number of benzene rings is 2. The Morgan fingerprint density at radius 2 is 1.73 bits per heavy atom. The van der Waals surface area contributed by atoms with Crippen LogP contribution in [0.25, 0.3) is 0 Å². The number of anilines is 2. The number of ether oxygens (including phenoxy) is 1. The van der Waals surface area contributed by atoms with Gasteiger partial charge >= 0.3 is 0 Å². The van der Waals surface area contributed by atoms with Crippen LogP contribution in [0.4, 0.5) is 15.8 Å². The van der Waals surface area contributed by atoms with Gasteiger partial charge in [-0.05, 0) is 48.5 Å². The Kier molecular flexibility index (Phi) is 5.54. The van der Waals surface area contributed by atoms with Gasteiger partial charge in [-0.3, -0.25) is 4.79 Å². The molecule has 0 heterocycles. The molecular formula is C17H17FN2O2. The quantitative estimate of drug-likeness (QED) is 0.770. The van der Waals surface area contributed by atoms with Crippen molar-refractivity contribution in [2.75, 3.05) is 23.8 Å². The number of carbonyl (C=O) groups is 1. The third-order valence-corrected chi connectivity index (χ3v) is 2.80. The van der Waals surface area contributed by atoms with Gasteiger partial charge in [0.05, 0.1) is 6.54 Å². The molecule has 2 aromatic carbocycles. The third kappa shape index (κ3) is 4.94. The average Bonchev–Trinajstić information content (AvgIpc) is 2.54. The lowest BCUT2D eigenvalue weighted by molar-refractivity contribution is -0.114.